The molecule has 1 aromatic rings. The first-order chi connectivity index (χ1) is 6.72. The molecule has 0 radical (unpaired) electrons. The lowest BCUT2D eigenvalue weighted by molar-refractivity contribution is -0.136. The van der Waals surface area contributed by atoms with Crippen LogP contribution in [0.4, 0.5) is 0 Å². The first-order valence-electron chi connectivity index (χ1n) is 4.58. The maximum absolute atomic E-state index is 10.5. The van der Waals surface area contributed by atoms with Crippen LogP contribution >= 0.6 is 11.8 Å². The molecule has 4 heteroatoms. The molecular formula is C10H14O3S. The van der Waals surface area contributed by atoms with Gasteiger partial charge in [-0.2, -0.15) is 0 Å². The van der Waals surface area contributed by atoms with Crippen LogP contribution in [0.25, 0.3) is 0 Å². The van der Waals surface area contributed by atoms with Crippen molar-refractivity contribution in [1.29, 1.82) is 0 Å². The summed E-state index contributed by atoms with van der Waals surface area (Å²) in [6.45, 7) is 2.00. The molecule has 1 heterocycles. The zero-order chi connectivity index (χ0) is 10.4. The second-order valence-corrected chi connectivity index (χ2v) is 4.31. The van der Waals surface area contributed by atoms with Gasteiger partial charge in [0.2, 0.25) is 0 Å². The molecule has 0 bridgehead atoms. The fourth-order valence-electron chi connectivity index (χ4n) is 1.11. The van der Waals surface area contributed by atoms with Gasteiger partial charge in [-0.1, -0.05) is 6.92 Å². The van der Waals surface area contributed by atoms with E-state index in [1.807, 2.05) is 19.1 Å². The van der Waals surface area contributed by atoms with Crippen molar-refractivity contribution >= 4 is 17.7 Å². The molecular weight excluding hydrogens is 200 g/mol. The Bertz CT molecular complexity index is 269. The minimum atomic E-state index is -0.733. The summed E-state index contributed by atoms with van der Waals surface area (Å²) in [6.07, 6.45) is 2.73. The van der Waals surface area contributed by atoms with E-state index in [1.54, 1.807) is 18.0 Å². The SMILES string of the molecule is CCC(CC(=O)O)SCc1ccco1. The summed E-state index contributed by atoms with van der Waals surface area (Å²) < 4.78 is 5.17. The molecule has 14 heavy (non-hydrogen) atoms. The number of furan rings is 1. The zero-order valence-electron chi connectivity index (χ0n) is 8.10. The molecule has 1 rings (SSSR count). The van der Waals surface area contributed by atoms with Crippen LogP contribution < -0.4 is 0 Å². The zero-order valence-corrected chi connectivity index (χ0v) is 8.92. The van der Waals surface area contributed by atoms with Crippen molar-refractivity contribution in [2.45, 2.75) is 30.8 Å². The summed E-state index contributed by atoms with van der Waals surface area (Å²) in [7, 11) is 0. The van der Waals surface area contributed by atoms with Crippen molar-refractivity contribution in [2.24, 2.45) is 0 Å². The monoisotopic (exact) mass is 214 g/mol. The van der Waals surface area contributed by atoms with E-state index in [9.17, 15) is 4.79 Å². The third kappa shape index (κ3) is 3.87. The molecule has 0 aliphatic rings. The summed E-state index contributed by atoms with van der Waals surface area (Å²) in [5, 5.41) is 8.81. The van der Waals surface area contributed by atoms with Gasteiger partial charge in [-0.05, 0) is 18.6 Å². The number of carboxylic acids is 1. The average Bonchev–Trinajstić information content (AvgIpc) is 2.64. The third-order valence-corrected chi connectivity index (χ3v) is 3.32. The van der Waals surface area contributed by atoms with Gasteiger partial charge >= 0.3 is 5.97 Å². The second kappa shape index (κ2) is 5.75. The van der Waals surface area contributed by atoms with E-state index in [2.05, 4.69) is 0 Å². The van der Waals surface area contributed by atoms with Crippen LogP contribution in [0.1, 0.15) is 25.5 Å². The lowest BCUT2D eigenvalue weighted by atomic mass is 10.2. The summed E-state index contributed by atoms with van der Waals surface area (Å²) in [5.74, 6) is 0.918. The van der Waals surface area contributed by atoms with Gasteiger partial charge in [0, 0.05) is 5.25 Å². The van der Waals surface area contributed by atoms with Crippen molar-refractivity contribution in [3.8, 4) is 0 Å². The van der Waals surface area contributed by atoms with Crippen molar-refractivity contribution in [2.75, 3.05) is 0 Å². The minimum absolute atomic E-state index is 0.178. The summed E-state index contributed by atoms with van der Waals surface area (Å²) >= 11 is 1.63. The van der Waals surface area contributed by atoms with Crippen molar-refractivity contribution in [3.05, 3.63) is 24.2 Å². The topological polar surface area (TPSA) is 50.4 Å². The van der Waals surface area contributed by atoms with Gasteiger partial charge in [0.15, 0.2) is 0 Å². The molecule has 0 spiro atoms. The number of aliphatic carboxylic acids is 1. The Morgan fingerprint density at radius 3 is 3.00 bits per heavy atom. The fraction of sp³-hybridized carbons (Fsp3) is 0.500. The smallest absolute Gasteiger partial charge is 0.304 e. The molecule has 78 valence electrons. The van der Waals surface area contributed by atoms with Gasteiger partial charge in [-0.15, -0.1) is 11.8 Å². The molecule has 0 amide bonds. The number of thioether (sulfide) groups is 1. The molecule has 1 aromatic heterocycles. The molecule has 0 aromatic carbocycles. The highest BCUT2D eigenvalue weighted by Gasteiger charge is 2.12. The van der Waals surface area contributed by atoms with Gasteiger partial charge in [0.25, 0.3) is 0 Å². The van der Waals surface area contributed by atoms with E-state index < -0.39 is 5.97 Å². The maximum Gasteiger partial charge on any atom is 0.304 e. The molecule has 1 atom stereocenters. The summed E-state index contributed by atoms with van der Waals surface area (Å²) in [6, 6.07) is 3.74. The maximum atomic E-state index is 10.5. The summed E-state index contributed by atoms with van der Waals surface area (Å²) in [5.41, 5.74) is 0. The van der Waals surface area contributed by atoms with Crippen LogP contribution in [-0.2, 0) is 10.5 Å². The lowest BCUT2D eigenvalue weighted by Gasteiger charge is -2.10. The lowest BCUT2D eigenvalue weighted by Crippen LogP contribution is -2.08. The van der Waals surface area contributed by atoms with Gasteiger partial charge < -0.3 is 9.52 Å². The molecule has 0 saturated carbocycles. The van der Waals surface area contributed by atoms with E-state index in [1.165, 1.54) is 0 Å². The molecule has 1 N–H and O–H groups in total. The number of carbonyl (C=O) groups is 1. The largest absolute Gasteiger partial charge is 0.481 e. The fourth-order valence-corrected chi connectivity index (χ4v) is 2.17. The van der Waals surface area contributed by atoms with Crippen LogP contribution in [0.5, 0.6) is 0 Å². The Hall–Kier alpha value is -0.900. The van der Waals surface area contributed by atoms with Crippen LogP contribution in [0, 0.1) is 0 Å². The van der Waals surface area contributed by atoms with Crippen molar-refractivity contribution in [3.63, 3.8) is 0 Å². The Labute approximate surface area is 87.5 Å². The van der Waals surface area contributed by atoms with E-state index in [0.717, 1.165) is 17.9 Å². The van der Waals surface area contributed by atoms with E-state index in [-0.39, 0.29) is 11.7 Å². The van der Waals surface area contributed by atoms with E-state index in [0.29, 0.717) is 0 Å². The molecule has 0 fully saturated rings. The molecule has 0 aliphatic carbocycles. The molecule has 0 saturated heterocycles. The molecule has 1 unspecified atom stereocenters. The number of hydrogen-bond acceptors (Lipinski definition) is 3. The Balaban J connectivity index is 2.30. The molecule has 3 nitrogen and oxygen atoms in total. The van der Waals surface area contributed by atoms with Crippen molar-refractivity contribution in [1.82, 2.24) is 0 Å². The Kier molecular flexibility index (Phi) is 4.59. The minimum Gasteiger partial charge on any atom is -0.481 e. The predicted molar refractivity (Wildman–Crippen MR) is 56.3 cm³/mol. The van der Waals surface area contributed by atoms with E-state index >= 15 is 0 Å². The number of rotatable bonds is 6. The predicted octanol–water partition coefficient (Wildman–Crippen LogP) is 2.77. The highest BCUT2D eigenvalue weighted by atomic mass is 32.2. The standard InChI is InChI=1S/C10H14O3S/c1-2-9(6-10(11)12)14-7-8-4-3-5-13-8/h3-5,9H,2,6-7H2,1H3,(H,11,12). The second-order valence-electron chi connectivity index (χ2n) is 3.02. The van der Waals surface area contributed by atoms with Crippen LogP contribution in [0.15, 0.2) is 22.8 Å². The van der Waals surface area contributed by atoms with Gasteiger partial charge in [-0.3, -0.25) is 4.79 Å². The van der Waals surface area contributed by atoms with Crippen LogP contribution in [0.2, 0.25) is 0 Å². The third-order valence-electron chi connectivity index (χ3n) is 1.90. The van der Waals surface area contributed by atoms with Gasteiger partial charge in [0.1, 0.15) is 5.76 Å². The van der Waals surface area contributed by atoms with Gasteiger partial charge in [-0.25, -0.2) is 0 Å². The van der Waals surface area contributed by atoms with E-state index in [4.69, 9.17) is 9.52 Å². The van der Waals surface area contributed by atoms with Crippen LogP contribution in [-0.4, -0.2) is 16.3 Å². The summed E-state index contributed by atoms with van der Waals surface area (Å²) in [4.78, 5) is 10.5. The van der Waals surface area contributed by atoms with Gasteiger partial charge in [0.05, 0.1) is 18.4 Å². The van der Waals surface area contributed by atoms with Crippen molar-refractivity contribution < 1.29 is 14.3 Å². The Morgan fingerprint density at radius 1 is 1.71 bits per heavy atom. The Morgan fingerprint density at radius 2 is 2.50 bits per heavy atom. The van der Waals surface area contributed by atoms with Crippen LogP contribution in [0.3, 0.4) is 0 Å². The first-order valence-corrected chi connectivity index (χ1v) is 5.63. The first kappa shape index (κ1) is 11.2. The quantitative estimate of drug-likeness (QED) is 0.791. The normalized spacial score (nSPS) is 12.6. The number of hydrogen-bond donors (Lipinski definition) is 1. The number of carboxylic acid groups (broad SMARTS) is 1. The molecule has 0 aliphatic heterocycles. The highest BCUT2D eigenvalue weighted by molar-refractivity contribution is 7.99. The highest BCUT2D eigenvalue weighted by Crippen LogP contribution is 2.22. The average molecular weight is 214 g/mol.